The van der Waals surface area contributed by atoms with E-state index in [0.717, 1.165) is 0 Å². The molecule has 0 aromatic carbocycles. The molecule has 0 aromatic heterocycles. The second-order valence-corrected chi connectivity index (χ2v) is 2.09. The monoisotopic (exact) mass is 151 g/mol. The van der Waals surface area contributed by atoms with Crippen molar-refractivity contribution in [3.05, 3.63) is 0 Å². The van der Waals surface area contributed by atoms with E-state index in [2.05, 4.69) is 4.52 Å². The minimum Gasteiger partial charge on any atom is -0.481 e. The molecule has 0 bridgehead atoms. The average molecular weight is 151 g/mol. The Labute approximate surface area is 54.1 Å². The molecule has 0 aromatic rings. The van der Waals surface area contributed by atoms with E-state index in [0.29, 0.717) is 0 Å². The maximum atomic E-state index is 10.0. The Hall–Kier alpha value is -0.470. The number of hydrogen-bond donors (Lipinski definition) is 1. The smallest absolute Gasteiger partial charge is 0.481 e. The number of carboxylic acids is 1. The van der Waals surface area contributed by atoms with Crippen molar-refractivity contribution >= 4 is 14.7 Å². The fraction of sp³-hybridized carbons (Fsp3) is 0.750. The molecule has 0 aliphatic rings. The van der Waals surface area contributed by atoms with E-state index in [9.17, 15) is 9.36 Å². The number of hydrogen-bond acceptors (Lipinski definition) is 3. The first-order valence-corrected chi connectivity index (χ1v) is 3.22. The zero-order chi connectivity index (χ0) is 7.28. The van der Waals surface area contributed by atoms with E-state index >= 15 is 0 Å². The summed E-state index contributed by atoms with van der Waals surface area (Å²) in [4.78, 5) is 10.0. The summed E-state index contributed by atoms with van der Waals surface area (Å²) >= 11 is 0. The van der Waals surface area contributed by atoms with Crippen molar-refractivity contribution in [3.63, 3.8) is 0 Å². The largest absolute Gasteiger partial charge is 0.494 e. The fourth-order valence-electron chi connectivity index (χ4n) is 0.230. The topological polar surface area (TPSA) is 63.6 Å². The van der Waals surface area contributed by atoms with E-state index in [1.54, 1.807) is 0 Å². The van der Waals surface area contributed by atoms with Gasteiger partial charge in [-0.05, 0) is 11.5 Å². The van der Waals surface area contributed by atoms with Gasteiger partial charge in [-0.15, -0.1) is 4.52 Å². The molecule has 2 unspecified atom stereocenters. The van der Waals surface area contributed by atoms with Gasteiger partial charge in [-0.2, -0.15) is 0 Å². The lowest BCUT2D eigenvalue weighted by molar-refractivity contribution is -0.141. The molecule has 0 saturated heterocycles. The molecule has 0 rings (SSSR count). The van der Waals surface area contributed by atoms with Crippen molar-refractivity contribution in [3.8, 4) is 0 Å². The fourth-order valence-corrected chi connectivity index (χ4v) is 0.548. The second kappa shape index (κ2) is 4.41. The summed E-state index contributed by atoms with van der Waals surface area (Å²) in [6.07, 6.45) is 0. The van der Waals surface area contributed by atoms with Crippen LogP contribution in [0.1, 0.15) is 6.92 Å². The minimum absolute atomic E-state index is 0.0112. The van der Waals surface area contributed by atoms with Crippen molar-refractivity contribution in [1.82, 2.24) is 0 Å². The molecule has 9 heavy (non-hydrogen) atoms. The number of rotatable bonds is 4. The van der Waals surface area contributed by atoms with E-state index in [4.69, 9.17) is 5.11 Å². The van der Waals surface area contributed by atoms with Gasteiger partial charge in [-0.25, -0.2) is 0 Å². The number of aliphatic carboxylic acids is 1. The van der Waals surface area contributed by atoms with E-state index in [1.165, 1.54) is 6.92 Å². The first-order chi connectivity index (χ1) is 4.18. The summed E-state index contributed by atoms with van der Waals surface area (Å²) in [7, 11) is -0.870. The van der Waals surface area contributed by atoms with Crippen molar-refractivity contribution in [2.24, 2.45) is 5.92 Å². The molecule has 2 atom stereocenters. The van der Waals surface area contributed by atoms with Gasteiger partial charge in [0.15, 0.2) is 0 Å². The highest BCUT2D eigenvalue weighted by atomic mass is 31.1. The van der Waals surface area contributed by atoms with Gasteiger partial charge >= 0.3 is 14.7 Å². The lowest BCUT2D eigenvalue weighted by atomic mass is 10.2. The highest BCUT2D eigenvalue weighted by molar-refractivity contribution is 7.17. The van der Waals surface area contributed by atoms with Crippen LogP contribution in [0.15, 0.2) is 0 Å². The molecule has 0 aliphatic heterocycles. The molecular formula is C4H8O4P+. The summed E-state index contributed by atoms with van der Waals surface area (Å²) in [5.74, 6) is -1.51. The van der Waals surface area contributed by atoms with Crippen LogP contribution < -0.4 is 0 Å². The van der Waals surface area contributed by atoms with Gasteiger partial charge in [0.25, 0.3) is 0 Å². The van der Waals surface area contributed by atoms with Crippen LogP contribution in [0.3, 0.4) is 0 Å². The van der Waals surface area contributed by atoms with Gasteiger partial charge in [0.05, 0.1) is 5.92 Å². The van der Waals surface area contributed by atoms with Crippen LogP contribution in [-0.2, 0) is 13.9 Å². The average Bonchev–Trinajstić information content (AvgIpc) is 1.82. The van der Waals surface area contributed by atoms with Crippen LogP contribution >= 0.6 is 8.69 Å². The zero-order valence-electron chi connectivity index (χ0n) is 4.96. The third kappa shape index (κ3) is 4.06. The van der Waals surface area contributed by atoms with Crippen LogP contribution in [0.25, 0.3) is 0 Å². The van der Waals surface area contributed by atoms with Crippen LogP contribution in [-0.4, -0.2) is 17.7 Å². The molecular weight excluding hydrogens is 143 g/mol. The summed E-state index contributed by atoms with van der Waals surface area (Å²) in [6, 6.07) is 0. The molecule has 0 amide bonds. The predicted molar refractivity (Wildman–Crippen MR) is 31.8 cm³/mol. The molecule has 0 fully saturated rings. The van der Waals surface area contributed by atoms with Crippen LogP contribution in [0.4, 0.5) is 0 Å². The van der Waals surface area contributed by atoms with Crippen LogP contribution in [0, 0.1) is 5.92 Å². The lowest BCUT2D eigenvalue weighted by Crippen LogP contribution is -2.13. The third-order valence-corrected chi connectivity index (χ3v) is 1.10. The van der Waals surface area contributed by atoms with Gasteiger partial charge in [0.1, 0.15) is 6.61 Å². The predicted octanol–water partition coefficient (Wildman–Crippen LogP) is 0.663. The quantitative estimate of drug-likeness (QED) is 0.599. The number of carboxylic acid groups (broad SMARTS) is 1. The molecule has 0 heterocycles. The van der Waals surface area contributed by atoms with Gasteiger partial charge in [0, 0.05) is 0 Å². The standard InChI is InChI=1S/C4H7O4P/c1-3(4(5)6)2-8-9-7/h3,9H,2H2,1H3/p+1. The summed E-state index contributed by atoms with van der Waals surface area (Å²) < 4.78 is 14.0. The molecule has 0 aliphatic carbocycles. The molecule has 1 N–H and O–H groups in total. The Morgan fingerprint density at radius 1 is 1.89 bits per heavy atom. The van der Waals surface area contributed by atoms with Crippen LogP contribution in [0.5, 0.6) is 0 Å². The second-order valence-electron chi connectivity index (χ2n) is 1.63. The molecule has 0 radical (unpaired) electrons. The Morgan fingerprint density at radius 2 is 2.44 bits per heavy atom. The van der Waals surface area contributed by atoms with E-state index in [1.807, 2.05) is 0 Å². The van der Waals surface area contributed by atoms with Crippen molar-refractivity contribution in [1.29, 1.82) is 0 Å². The summed E-state index contributed by atoms with van der Waals surface area (Å²) in [6.45, 7) is 1.50. The number of carbonyl (C=O) groups is 1. The van der Waals surface area contributed by atoms with E-state index in [-0.39, 0.29) is 6.61 Å². The molecule has 0 spiro atoms. The highest BCUT2D eigenvalue weighted by Gasteiger charge is 2.12. The zero-order valence-corrected chi connectivity index (χ0v) is 5.96. The van der Waals surface area contributed by atoms with Gasteiger partial charge in [-0.1, -0.05) is 0 Å². The Bertz CT molecular complexity index is 113. The maximum absolute atomic E-state index is 10.0. The Morgan fingerprint density at radius 3 is 2.78 bits per heavy atom. The Kier molecular flexibility index (Phi) is 4.18. The van der Waals surface area contributed by atoms with Crippen molar-refractivity contribution in [2.75, 3.05) is 6.61 Å². The highest BCUT2D eigenvalue weighted by Crippen LogP contribution is 2.01. The van der Waals surface area contributed by atoms with Gasteiger partial charge in [0.2, 0.25) is 0 Å². The minimum atomic E-state index is -0.937. The first-order valence-electron chi connectivity index (χ1n) is 2.40. The molecule has 0 saturated carbocycles. The third-order valence-electron chi connectivity index (χ3n) is 0.814. The molecule has 5 heteroatoms. The van der Waals surface area contributed by atoms with Crippen molar-refractivity contribution < 1.29 is 19.0 Å². The van der Waals surface area contributed by atoms with Gasteiger partial charge in [-0.3, -0.25) is 4.79 Å². The van der Waals surface area contributed by atoms with E-state index < -0.39 is 20.6 Å². The SMILES string of the molecule is CC(CO[PH+]=O)C(=O)O. The molecule has 52 valence electrons. The van der Waals surface area contributed by atoms with Crippen molar-refractivity contribution in [2.45, 2.75) is 6.92 Å². The molecule has 4 nitrogen and oxygen atoms in total. The van der Waals surface area contributed by atoms with Gasteiger partial charge < -0.3 is 5.11 Å². The summed E-state index contributed by atoms with van der Waals surface area (Å²) in [5.41, 5.74) is 0. The first kappa shape index (κ1) is 8.53. The lowest BCUT2D eigenvalue weighted by Gasteiger charge is -1.96. The normalized spacial score (nSPS) is 13.4. The maximum Gasteiger partial charge on any atom is 0.494 e. The van der Waals surface area contributed by atoms with Crippen LogP contribution in [0.2, 0.25) is 0 Å². The Balaban J connectivity index is 3.37. The summed E-state index contributed by atoms with van der Waals surface area (Å²) in [5, 5.41) is 8.23.